The first kappa shape index (κ1) is 13.2. The Morgan fingerprint density at radius 3 is 2.94 bits per heavy atom. The third kappa shape index (κ3) is 2.76. The van der Waals surface area contributed by atoms with E-state index < -0.39 is 0 Å². The minimum Gasteiger partial charge on any atom is -0.309 e. The molecule has 18 heavy (non-hydrogen) atoms. The summed E-state index contributed by atoms with van der Waals surface area (Å²) >= 11 is 1.71. The molecule has 0 aliphatic carbocycles. The fraction of sp³-hybridized carbons (Fsp3) is 0.429. The van der Waals surface area contributed by atoms with E-state index in [1.54, 1.807) is 11.3 Å². The van der Waals surface area contributed by atoms with Crippen molar-refractivity contribution in [3.63, 3.8) is 0 Å². The minimum absolute atomic E-state index is 0.312. The molecule has 0 aromatic carbocycles. The number of pyridine rings is 1. The highest BCUT2D eigenvalue weighted by Gasteiger charge is 2.12. The lowest BCUT2D eigenvalue weighted by Gasteiger charge is -2.08. The maximum Gasteiger partial charge on any atom is 0.124 e. The fourth-order valence-corrected chi connectivity index (χ4v) is 2.91. The number of aromatic nitrogens is 2. The Kier molecular flexibility index (Phi) is 4.44. The lowest BCUT2D eigenvalue weighted by molar-refractivity contribution is 0.587. The number of rotatable bonds is 5. The van der Waals surface area contributed by atoms with Gasteiger partial charge in [0.05, 0.1) is 5.69 Å². The Hall–Kier alpha value is -1.26. The quantitative estimate of drug-likeness (QED) is 0.896. The standard InChI is InChI=1S/C14H19N3S/c1-4-11-8-15-7-6-12(11)14-17-13(9-18-14)10(3)16-5-2/h6-10,16H,4-5H2,1-3H3. The zero-order valence-corrected chi connectivity index (χ0v) is 11.9. The molecule has 0 aliphatic heterocycles. The van der Waals surface area contributed by atoms with Crippen molar-refractivity contribution in [2.45, 2.75) is 33.2 Å². The van der Waals surface area contributed by atoms with Gasteiger partial charge in [-0.15, -0.1) is 11.3 Å². The summed E-state index contributed by atoms with van der Waals surface area (Å²) in [6, 6.07) is 2.37. The highest BCUT2D eigenvalue weighted by Crippen LogP contribution is 2.28. The summed E-state index contributed by atoms with van der Waals surface area (Å²) in [6.07, 6.45) is 4.76. The van der Waals surface area contributed by atoms with Gasteiger partial charge in [-0.25, -0.2) is 4.98 Å². The summed E-state index contributed by atoms with van der Waals surface area (Å²) < 4.78 is 0. The van der Waals surface area contributed by atoms with E-state index in [2.05, 4.69) is 42.5 Å². The van der Waals surface area contributed by atoms with Crippen molar-refractivity contribution in [3.05, 3.63) is 35.1 Å². The second-order valence-corrected chi connectivity index (χ2v) is 5.10. The van der Waals surface area contributed by atoms with E-state index in [9.17, 15) is 0 Å². The average molecular weight is 261 g/mol. The maximum atomic E-state index is 4.74. The average Bonchev–Trinajstić information content (AvgIpc) is 2.88. The van der Waals surface area contributed by atoms with Gasteiger partial charge in [0.25, 0.3) is 0 Å². The molecule has 1 unspecified atom stereocenters. The molecule has 0 spiro atoms. The van der Waals surface area contributed by atoms with Crippen LogP contribution < -0.4 is 5.32 Å². The smallest absolute Gasteiger partial charge is 0.124 e. The number of hydrogen-bond acceptors (Lipinski definition) is 4. The molecule has 0 saturated carbocycles. The van der Waals surface area contributed by atoms with E-state index in [1.165, 1.54) is 11.1 Å². The molecule has 0 bridgehead atoms. The topological polar surface area (TPSA) is 37.8 Å². The number of hydrogen-bond donors (Lipinski definition) is 1. The minimum atomic E-state index is 0.312. The number of nitrogens with zero attached hydrogens (tertiary/aromatic N) is 2. The molecule has 4 heteroatoms. The highest BCUT2D eigenvalue weighted by molar-refractivity contribution is 7.13. The lowest BCUT2D eigenvalue weighted by atomic mass is 10.1. The van der Waals surface area contributed by atoms with E-state index >= 15 is 0 Å². The largest absolute Gasteiger partial charge is 0.309 e. The van der Waals surface area contributed by atoms with Crippen LogP contribution in [0.5, 0.6) is 0 Å². The summed E-state index contributed by atoms with van der Waals surface area (Å²) in [7, 11) is 0. The van der Waals surface area contributed by atoms with Crippen LogP contribution in [0.1, 0.15) is 38.1 Å². The first-order valence-corrected chi connectivity index (χ1v) is 7.26. The molecule has 2 rings (SSSR count). The van der Waals surface area contributed by atoms with Gasteiger partial charge >= 0.3 is 0 Å². The van der Waals surface area contributed by atoms with Crippen LogP contribution >= 0.6 is 11.3 Å². The Balaban J connectivity index is 2.29. The third-order valence-corrected chi connectivity index (χ3v) is 3.88. The Morgan fingerprint density at radius 1 is 1.39 bits per heavy atom. The van der Waals surface area contributed by atoms with Crippen LogP contribution in [-0.2, 0) is 6.42 Å². The number of thiazole rings is 1. The molecule has 0 fully saturated rings. The van der Waals surface area contributed by atoms with Crippen molar-refractivity contribution in [3.8, 4) is 10.6 Å². The zero-order valence-electron chi connectivity index (χ0n) is 11.1. The van der Waals surface area contributed by atoms with Gasteiger partial charge in [0.2, 0.25) is 0 Å². The Labute approximate surface area is 112 Å². The third-order valence-electron chi connectivity index (χ3n) is 2.99. The molecule has 3 nitrogen and oxygen atoms in total. The van der Waals surface area contributed by atoms with E-state index in [1.807, 2.05) is 12.4 Å². The van der Waals surface area contributed by atoms with Crippen LogP contribution in [0, 0.1) is 0 Å². The molecule has 2 aromatic rings. The van der Waals surface area contributed by atoms with Gasteiger partial charge < -0.3 is 5.32 Å². The van der Waals surface area contributed by atoms with Crippen LogP contribution in [0.2, 0.25) is 0 Å². The lowest BCUT2D eigenvalue weighted by Crippen LogP contribution is -2.17. The first-order valence-electron chi connectivity index (χ1n) is 6.38. The van der Waals surface area contributed by atoms with E-state index in [0.717, 1.165) is 23.7 Å². The molecule has 0 saturated heterocycles. The van der Waals surface area contributed by atoms with Crippen molar-refractivity contribution in [2.24, 2.45) is 0 Å². The SMILES string of the molecule is CCNC(C)c1csc(-c2ccncc2CC)n1. The van der Waals surface area contributed by atoms with Gasteiger partial charge in [-0.3, -0.25) is 4.98 Å². The van der Waals surface area contributed by atoms with Crippen LogP contribution in [0.4, 0.5) is 0 Å². The van der Waals surface area contributed by atoms with Crippen molar-refractivity contribution < 1.29 is 0 Å². The van der Waals surface area contributed by atoms with E-state index in [4.69, 9.17) is 4.98 Å². The molecule has 1 atom stereocenters. The van der Waals surface area contributed by atoms with Crippen molar-refractivity contribution in [2.75, 3.05) is 6.54 Å². The highest BCUT2D eigenvalue weighted by atomic mass is 32.1. The molecule has 0 radical (unpaired) electrons. The Morgan fingerprint density at radius 2 is 2.22 bits per heavy atom. The number of aryl methyl sites for hydroxylation is 1. The molecule has 1 N–H and O–H groups in total. The fourth-order valence-electron chi connectivity index (χ4n) is 1.94. The van der Waals surface area contributed by atoms with Crippen molar-refractivity contribution in [1.82, 2.24) is 15.3 Å². The van der Waals surface area contributed by atoms with Gasteiger partial charge in [0.15, 0.2) is 0 Å². The monoisotopic (exact) mass is 261 g/mol. The molecule has 2 heterocycles. The normalized spacial score (nSPS) is 12.6. The summed E-state index contributed by atoms with van der Waals surface area (Å²) in [5.41, 5.74) is 3.60. The van der Waals surface area contributed by atoms with Crippen molar-refractivity contribution in [1.29, 1.82) is 0 Å². The molecule has 2 aromatic heterocycles. The second kappa shape index (κ2) is 6.07. The van der Waals surface area contributed by atoms with E-state index in [0.29, 0.717) is 6.04 Å². The predicted molar refractivity (Wildman–Crippen MR) is 76.8 cm³/mol. The van der Waals surface area contributed by atoms with Crippen LogP contribution in [-0.4, -0.2) is 16.5 Å². The van der Waals surface area contributed by atoms with Crippen LogP contribution in [0.3, 0.4) is 0 Å². The molecular formula is C14H19N3S. The maximum absolute atomic E-state index is 4.74. The van der Waals surface area contributed by atoms with Gasteiger partial charge in [-0.05, 0) is 31.5 Å². The molecular weight excluding hydrogens is 242 g/mol. The van der Waals surface area contributed by atoms with Gasteiger partial charge in [0, 0.05) is 29.4 Å². The number of nitrogens with one attached hydrogen (secondary N) is 1. The molecule has 0 aliphatic rings. The Bertz CT molecular complexity index is 507. The first-order chi connectivity index (χ1) is 8.76. The second-order valence-electron chi connectivity index (χ2n) is 4.24. The van der Waals surface area contributed by atoms with Crippen LogP contribution in [0.25, 0.3) is 10.6 Å². The molecule has 0 amide bonds. The van der Waals surface area contributed by atoms with Gasteiger partial charge in [-0.1, -0.05) is 13.8 Å². The summed E-state index contributed by atoms with van der Waals surface area (Å²) in [4.78, 5) is 8.91. The zero-order chi connectivity index (χ0) is 13.0. The molecule has 96 valence electrons. The van der Waals surface area contributed by atoms with Gasteiger partial charge in [0.1, 0.15) is 5.01 Å². The summed E-state index contributed by atoms with van der Waals surface area (Å²) in [5.74, 6) is 0. The van der Waals surface area contributed by atoms with Crippen molar-refractivity contribution >= 4 is 11.3 Å². The van der Waals surface area contributed by atoms with Crippen LogP contribution in [0.15, 0.2) is 23.8 Å². The predicted octanol–water partition coefficient (Wildman–Crippen LogP) is 3.44. The van der Waals surface area contributed by atoms with E-state index in [-0.39, 0.29) is 0 Å². The summed E-state index contributed by atoms with van der Waals surface area (Å²) in [6.45, 7) is 7.37. The summed E-state index contributed by atoms with van der Waals surface area (Å²) in [5, 5.41) is 6.62. The van der Waals surface area contributed by atoms with Gasteiger partial charge in [-0.2, -0.15) is 0 Å².